The standard InChI is InChI=1S/C26H29N5O3S/c32-23-9-12-35-22-4-1-17(13-21(22)28-23)14-27-19-7-10-29(11-8-19)15-20-16-30-24(33)5-2-18-3-6-25(34)31(20)26(18)30/h1-6,13,19-20,27H,7-12,14-16H2,(H,28,32)/t20-/m1/s1. The van der Waals surface area contributed by atoms with Crippen molar-refractivity contribution < 1.29 is 4.79 Å². The molecule has 0 spiro atoms. The number of nitrogens with zero attached hydrogens (tertiary/aromatic N) is 3. The Morgan fingerprint density at radius 2 is 1.80 bits per heavy atom. The maximum atomic E-state index is 12.7. The Balaban J connectivity index is 1.06. The number of nitrogens with one attached hydrogen (secondary N) is 2. The number of likely N-dealkylation sites (tertiary alicyclic amines) is 1. The Morgan fingerprint density at radius 3 is 2.63 bits per heavy atom. The number of benzene rings is 1. The fourth-order valence-corrected chi connectivity index (χ4v) is 6.49. The number of carbonyl (C=O) groups is 1. The van der Waals surface area contributed by atoms with Crippen LogP contribution in [0.1, 0.15) is 30.9 Å². The second kappa shape index (κ2) is 9.29. The van der Waals surface area contributed by atoms with Gasteiger partial charge in [0.25, 0.3) is 11.1 Å². The summed E-state index contributed by atoms with van der Waals surface area (Å²) in [5, 5.41) is 7.64. The third kappa shape index (κ3) is 4.44. The van der Waals surface area contributed by atoms with Crippen LogP contribution < -0.4 is 21.8 Å². The highest BCUT2D eigenvalue weighted by Gasteiger charge is 2.29. The normalized spacial score (nSPS) is 20.6. The monoisotopic (exact) mass is 491 g/mol. The number of carbonyl (C=O) groups excluding carboxylic acids is 1. The number of rotatable bonds is 5. The van der Waals surface area contributed by atoms with Crippen LogP contribution in [0.25, 0.3) is 11.0 Å². The number of thioether (sulfide) groups is 1. The minimum absolute atomic E-state index is 0.0153. The van der Waals surface area contributed by atoms with E-state index in [-0.39, 0.29) is 23.1 Å². The number of hydrogen-bond donors (Lipinski definition) is 2. The summed E-state index contributed by atoms with van der Waals surface area (Å²) in [4.78, 5) is 40.5. The molecule has 9 heteroatoms. The van der Waals surface area contributed by atoms with E-state index in [2.05, 4.69) is 33.7 Å². The molecule has 1 aromatic carbocycles. The van der Waals surface area contributed by atoms with Gasteiger partial charge in [0.05, 0.1) is 11.7 Å². The van der Waals surface area contributed by atoms with Gasteiger partial charge in [0.1, 0.15) is 5.65 Å². The van der Waals surface area contributed by atoms with Crippen molar-refractivity contribution in [3.63, 3.8) is 0 Å². The number of fused-ring (bicyclic) bond motifs is 1. The molecular weight excluding hydrogens is 462 g/mol. The Bertz CT molecular complexity index is 1400. The molecule has 0 saturated carbocycles. The van der Waals surface area contributed by atoms with Gasteiger partial charge in [-0.2, -0.15) is 0 Å². The first-order chi connectivity index (χ1) is 17.0. The molecule has 1 atom stereocenters. The summed E-state index contributed by atoms with van der Waals surface area (Å²) in [6, 6.07) is 13.6. The summed E-state index contributed by atoms with van der Waals surface area (Å²) < 4.78 is 3.56. The van der Waals surface area contributed by atoms with E-state index in [0.717, 1.165) is 66.4 Å². The lowest BCUT2D eigenvalue weighted by molar-refractivity contribution is -0.115. The highest BCUT2D eigenvalue weighted by Crippen LogP contribution is 2.31. The highest BCUT2D eigenvalue weighted by molar-refractivity contribution is 7.99. The smallest absolute Gasteiger partial charge is 0.252 e. The molecule has 3 aliphatic heterocycles. The lowest BCUT2D eigenvalue weighted by Gasteiger charge is -2.34. The fraction of sp³-hybridized carbons (Fsp3) is 0.423. The van der Waals surface area contributed by atoms with Crippen molar-refractivity contribution in [2.75, 3.05) is 30.7 Å². The molecule has 0 radical (unpaired) electrons. The lowest BCUT2D eigenvalue weighted by Crippen LogP contribution is -2.44. The largest absolute Gasteiger partial charge is 0.325 e. The van der Waals surface area contributed by atoms with Crippen LogP contribution >= 0.6 is 11.8 Å². The molecule has 35 heavy (non-hydrogen) atoms. The summed E-state index contributed by atoms with van der Waals surface area (Å²) in [5.74, 6) is 0.908. The molecule has 1 saturated heterocycles. The molecule has 5 heterocycles. The number of pyridine rings is 2. The number of amides is 1. The van der Waals surface area contributed by atoms with E-state index in [1.165, 1.54) is 5.56 Å². The number of anilines is 1. The van der Waals surface area contributed by atoms with E-state index in [4.69, 9.17) is 0 Å². The SMILES string of the molecule is O=C1CCSc2ccc(CNC3CCN(C[C@@H]4Cn5c(=O)ccc6ccc(=O)n4c65)CC3)cc2N1. The molecular formula is C26H29N5O3S. The van der Waals surface area contributed by atoms with E-state index in [9.17, 15) is 14.4 Å². The zero-order valence-electron chi connectivity index (χ0n) is 19.5. The molecule has 2 N–H and O–H groups in total. The average molecular weight is 492 g/mol. The summed E-state index contributed by atoms with van der Waals surface area (Å²) in [6.07, 6.45) is 2.63. The van der Waals surface area contributed by atoms with Crippen molar-refractivity contribution in [3.05, 3.63) is 68.7 Å². The lowest BCUT2D eigenvalue weighted by atomic mass is 10.0. The van der Waals surface area contributed by atoms with Gasteiger partial charge in [0, 0.05) is 60.3 Å². The highest BCUT2D eigenvalue weighted by atomic mass is 32.2. The van der Waals surface area contributed by atoms with Crippen molar-refractivity contribution in [2.45, 2.75) is 49.3 Å². The summed E-state index contributed by atoms with van der Waals surface area (Å²) in [7, 11) is 0. The first-order valence-corrected chi connectivity index (χ1v) is 13.3. The Labute approximate surface area is 207 Å². The van der Waals surface area contributed by atoms with Crippen LogP contribution in [0, 0.1) is 0 Å². The van der Waals surface area contributed by atoms with Crippen LogP contribution in [0.15, 0.2) is 56.9 Å². The Morgan fingerprint density at radius 1 is 1.00 bits per heavy atom. The quantitative estimate of drug-likeness (QED) is 0.570. The molecule has 1 amide bonds. The van der Waals surface area contributed by atoms with Crippen molar-refractivity contribution in [1.29, 1.82) is 0 Å². The van der Waals surface area contributed by atoms with Gasteiger partial charge in [-0.25, -0.2) is 0 Å². The first kappa shape index (κ1) is 22.6. The molecule has 3 aromatic rings. The zero-order chi connectivity index (χ0) is 23.9. The van der Waals surface area contributed by atoms with E-state index < -0.39 is 0 Å². The van der Waals surface area contributed by atoms with E-state index in [1.807, 2.05) is 4.57 Å². The third-order valence-corrected chi connectivity index (χ3v) is 8.45. The third-order valence-electron chi connectivity index (χ3n) is 7.37. The van der Waals surface area contributed by atoms with E-state index in [0.29, 0.717) is 19.0 Å². The minimum Gasteiger partial charge on any atom is -0.325 e. The maximum absolute atomic E-state index is 12.7. The molecule has 6 rings (SSSR count). The first-order valence-electron chi connectivity index (χ1n) is 12.3. The molecule has 2 aromatic heterocycles. The maximum Gasteiger partial charge on any atom is 0.252 e. The van der Waals surface area contributed by atoms with Crippen molar-refractivity contribution in [2.24, 2.45) is 0 Å². The number of piperidine rings is 1. The van der Waals surface area contributed by atoms with Crippen molar-refractivity contribution >= 4 is 34.4 Å². The van der Waals surface area contributed by atoms with E-state index in [1.54, 1.807) is 40.6 Å². The van der Waals surface area contributed by atoms with Crippen LogP contribution in [0.5, 0.6) is 0 Å². The van der Waals surface area contributed by atoms with Crippen molar-refractivity contribution in [3.8, 4) is 0 Å². The molecule has 0 bridgehead atoms. The van der Waals surface area contributed by atoms with Crippen LogP contribution in [-0.2, 0) is 17.9 Å². The molecule has 8 nitrogen and oxygen atoms in total. The Kier molecular flexibility index (Phi) is 5.99. The van der Waals surface area contributed by atoms with Crippen LogP contribution in [0.3, 0.4) is 0 Å². The van der Waals surface area contributed by atoms with Crippen LogP contribution in [0.4, 0.5) is 5.69 Å². The van der Waals surface area contributed by atoms with Crippen LogP contribution in [-0.4, -0.2) is 51.4 Å². The van der Waals surface area contributed by atoms with Gasteiger partial charge < -0.3 is 15.5 Å². The van der Waals surface area contributed by atoms with E-state index >= 15 is 0 Å². The zero-order valence-corrected chi connectivity index (χ0v) is 20.4. The molecule has 0 unspecified atom stereocenters. The number of hydrogen-bond acceptors (Lipinski definition) is 6. The number of aromatic nitrogens is 2. The van der Waals surface area contributed by atoms with Gasteiger partial charge in [-0.1, -0.05) is 6.07 Å². The molecule has 0 aliphatic carbocycles. The predicted molar refractivity (Wildman–Crippen MR) is 138 cm³/mol. The molecule has 1 fully saturated rings. The van der Waals surface area contributed by atoms with Gasteiger partial charge in [-0.05, 0) is 55.8 Å². The minimum atomic E-state index is -0.0433. The second-order valence-electron chi connectivity index (χ2n) is 9.69. The van der Waals surface area contributed by atoms with Crippen LogP contribution in [0.2, 0.25) is 0 Å². The molecule has 182 valence electrons. The Hall–Kier alpha value is -2.88. The fourth-order valence-electron chi connectivity index (χ4n) is 5.55. The topological polar surface area (TPSA) is 88.4 Å². The van der Waals surface area contributed by atoms with Gasteiger partial charge in [-0.15, -0.1) is 11.8 Å². The van der Waals surface area contributed by atoms with Gasteiger partial charge in [0.2, 0.25) is 5.91 Å². The molecule has 3 aliphatic rings. The predicted octanol–water partition coefficient (Wildman–Crippen LogP) is 2.41. The average Bonchev–Trinajstić information content (AvgIpc) is 3.14. The van der Waals surface area contributed by atoms with Gasteiger partial charge in [-0.3, -0.25) is 23.5 Å². The van der Waals surface area contributed by atoms with Gasteiger partial charge >= 0.3 is 0 Å². The summed E-state index contributed by atoms with van der Waals surface area (Å²) in [6.45, 7) is 4.02. The van der Waals surface area contributed by atoms with Crippen molar-refractivity contribution in [1.82, 2.24) is 19.4 Å². The second-order valence-corrected chi connectivity index (χ2v) is 10.8. The summed E-state index contributed by atoms with van der Waals surface area (Å²) >= 11 is 1.73. The summed E-state index contributed by atoms with van der Waals surface area (Å²) in [5.41, 5.74) is 2.77. The van der Waals surface area contributed by atoms with Gasteiger partial charge in [0.15, 0.2) is 0 Å².